The minimum absolute atomic E-state index is 0.329. The molecule has 1 aromatic rings. The first kappa shape index (κ1) is 18.5. The van der Waals surface area contributed by atoms with Crippen LogP contribution in [0.5, 0.6) is 5.75 Å². The lowest BCUT2D eigenvalue weighted by molar-refractivity contribution is -0.151. The summed E-state index contributed by atoms with van der Waals surface area (Å²) < 4.78 is 12.5. The molecule has 0 saturated heterocycles. The van der Waals surface area contributed by atoms with Gasteiger partial charge in [0.1, 0.15) is 5.75 Å². The predicted octanol–water partition coefficient (Wildman–Crippen LogP) is 3.82. The molecule has 0 aromatic heterocycles. The van der Waals surface area contributed by atoms with Crippen LogP contribution in [0.1, 0.15) is 32.3 Å². The summed E-state index contributed by atoms with van der Waals surface area (Å²) in [5.74, 6) is 0.284. The molecule has 6 heteroatoms. The highest BCUT2D eigenvalue weighted by Gasteiger charge is 2.23. The Morgan fingerprint density at radius 1 is 1.29 bits per heavy atom. The van der Waals surface area contributed by atoms with Crippen molar-refractivity contribution in [3.63, 3.8) is 0 Å². The maximum atomic E-state index is 11.9. The van der Waals surface area contributed by atoms with Crippen LogP contribution in [0.4, 0.5) is 0 Å². The Morgan fingerprint density at radius 2 is 1.90 bits per heavy atom. The average molecular weight is 423 g/mol. The third-order valence-electron chi connectivity index (χ3n) is 2.85. The minimum Gasteiger partial charge on any atom is -0.476 e. The highest BCUT2D eigenvalue weighted by atomic mass is 79.9. The van der Waals surface area contributed by atoms with Gasteiger partial charge < -0.3 is 15.2 Å². The number of halogens is 2. The van der Waals surface area contributed by atoms with E-state index in [1.807, 2.05) is 19.1 Å². The molecular weight excluding hydrogens is 402 g/mol. The van der Waals surface area contributed by atoms with E-state index in [0.717, 1.165) is 27.4 Å². The molecule has 0 spiro atoms. The van der Waals surface area contributed by atoms with Crippen LogP contribution in [0.25, 0.3) is 0 Å². The molecule has 0 amide bonds. The highest BCUT2D eigenvalue weighted by Crippen LogP contribution is 2.36. The van der Waals surface area contributed by atoms with Crippen molar-refractivity contribution < 1.29 is 14.3 Å². The number of hydrogen-bond donors (Lipinski definition) is 1. The van der Waals surface area contributed by atoms with E-state index in [2.05, 4.69) is 31.9 Å². The van der Waals surface area contributed by atoms with Crippen molar-refractivity contribution in [2.24, 2.45) is 5.73 Å². The second kappa shape index (κ2) is 9.43. The van der Waals surface area contributed by atoms with E-state index >= 15 is 0 Å². The van der Waals surface area contributed by atoms with E-state index < -0.39 is 6.10 Å². The molecule has 21 heavy (non-hydrogen) atoms. The number of ether oxygens (including phenoxy) is 2. The molecule has 0 radical (unpaired) electrons. The smallest absolute Gasteiger partial charge is 0.347 e. The van der Waals surface area contributed by atoms with Gasteiger partial charge in [-0.3, -0.25) is 0 Å². The summed E-state index contributed by atoms with van der Waals surface area (Å²) in [6, 6.07) is 3.92. The van der Waals surface area contributed by atoms with Crippen LogP contribution < -0.4 is 10.5 Å². The Kier molecular flexibility index (Phi) is 8.29. The lowest BCUT2D eigenvalue weighted by Crippen LogP contribution is -2.29. The van der Waals surface area contributed by atoms with Crippen LogP contribution in [0.3, 0.4) is 0 Å². The fourth-order valence-corrected chi connectivity index (χ4v) is 3.37. The first-order valence-corrected chi connectivity index (χ1v) is 8.63. The van der Waals surface area contributed by atoms with Crippen molar-refractivity contribution in [2.45, 2.75) is 39.2 Å². The van der Waals surface area contributed by atoms with Gasteiger partial charge in [-0.2, -0.15) is 0 Å². The van der Waals surface area contributed by atoms with Gasteiger partial charge in [0.15, 0.2) is 6.10 Å². The van der Waals surface area contributed by atoms with Crippen molar-refractivity contribution in [1.29, 1.82) is 0 Å². The van der Waals surface area contributed by atoms with Crippen molar-refractivity contribution in [3.8, 4) is 5.75 Å². The summed E-state index contributed by atoms with van der Waals surface area (Å²) in [5.41, 5.74) is 6.67. The van der Waals surface area contributed by atoms with E-state index in [0.29, 0.717) is 25.3 Å². The van der Waals surface area contributed by atoms with Gasteiger partial charge in [-0.15, -0.1) is 0 Å². The van der Waals surface area contributed by atoms with Gasteiger partial charge in [-0.25, -0.2) is 4.79 Å². The zero-order chi connectivity index (χ0) is 15.8. The van der Waals surface area contributed by atoms with Crippen LogP contribution in [-0.2, 0) is 16.0 Å². The largest absolute Gasteiger partial charge is 0.476 e. The molecule has 0 aliphatic carbocycles. The van der Waals surface area contributed by atoms with Crippen LogP contribution in [0, 0.1) is 0 Å². The third-order valence-corrected chi connectivity index (χ3v) is 4.03. The van der Waals surface area contributed by atoms with Gasteiger partial charge >= 0.3 is 5.97 Å². The van der Waals surface area contributed by atoms with Crippen LogP contribution in [-0.4, -0.2) is 25.2 Å². The van der Waals surface area contributed by atoms with Crippen LogP contribution in [0.2, 0.25) is 0 Å². The average Bonchev–Trinajstić information content (AvgIpc) is 2.42. The molecule has 0 aliphatic heterocycles. The molecular formula is C15H21Br2NO3. The molecule has 118 valence electrons. The Labute approximate surface area is 142 Å². The molecule has 0 bridgehead atoms. The van der Waals surface area contributed by atoms with Crippen molar-refractivity contribution in [3.05, 3.63) is 26.6 Å². The van der Waals surface area contributed by atoms with Crippen molar-refractivity contribution in [2.75, 3.05) is 13.2 Å². The van der Waals surface area contributed by atoms with Crippen molar-refractivity contribution >= 4 is 37.8 Å². The molecule has 0 heterocycles. The van der Waals surface area contributed by atoms with Crippen LogP contribution in [0.15, 0.2) is 21.1 Å². The number of hydrogen-bond acceptors (Lipinski definition) is 4. The molecule has 1 unspecified atom stereocenters. The maximum absolute atomic E-state index is 11.9. The first-order valence-electron chi connectivity index (χ1n) is 7.04. The predicted molar refractivity (Wildman–Crippen MR) is 90.6 cm³/mol. The van der Waals surface area contributed by atoms with E-state index in [1.54, 1.807) is 6.92 Å². The Balaban J connectivity index is 2.95. The second-order valence-electron chi connectivity index (χ2n) is 4.57. The zero-order valence-electron chi connectivity index (χ0n) is 12.3. The Morgan fingerprint density at radius 3 is 2.38 bits per heavy atom. The Bertz CT molecular complexity index is 457. The third kappa shape index (κ3) is 5.60. The molecule has 0 aliphatic rings. The fourth-order valence-electron chi connectivity index (χ4n) is 1.90. The molecule has 0 saturated carbocycles. The van der Waals surface area contributed by atoms with E-state index in [4.69, 9.17) is 15.2 Å². The summed E-state index contributed by atoms with van der Waals surface area (Å²) in [6.45, 7) is 4.72. The van der Waals surface area contributed by atoms with E-state index in [-0.39, 0.29) is 5.97 Å². The van der Waals surface area contributed by atoms with Gasteiger partial charge in [0.25, 0.3) is 0 Å². The number of nitrogens with two attached hydrogens (primary N) is 1. The topological polar surface area (TPSA) is 61.5 Å². The summed E-state index contributed by atoms with van der Waals surface area (Å²) in [6.07, 6.45) is 1.64. The van der Waals surface area contributed by atoms with Crippen molar-refractivity contribution in [1.82, 2.24) is 0 Å². The molecule has 1 aromatic carbocycles. The summed E-state index contributed by atoms with van der Waals surface area (Å²) in [4.78, 5) is 11.9. The molecule has 4 nitrogen and oxygen atoms in total. The second-order valence-corrected chi connectivity index (χ2v) is 6.28. The highest BCUT2D eigenvalue weighted by molar-refractivity contribution is 9.11. The number of benzene rings is 1. The lowest BCUT2D eigenvalue weighted by atomic mass is 10.1. The van der Waals surface area contributed by atoms with Crippen LogP contribution >= 0.6 is 31.9 Å². The summed E-state index contributed by atoms with van der Waals surface area (Å²) >= 11 is 6.98. The maximum Gasteiger partial charge on any atom is 0.347 e. The van der Waals surface area contributed by atoms with E-state index in [1.165, 1.54) is 0 Å². The standard InChI is InChI=1S/C15H21Br2NO3/c1-3-5-13(15(19)20-4-2)21-14-11(16)8-10(6-7-18)9-12(14)17/h8-9,13H,3-7,18H2,1-2H3. The molecule has 0 fully saturated rings. The van der Waals surface area contributed by atoms with E-state index in [9.17, 15) is 4.79 Å². The minimum atomic E-state index is -0.595. The molecule has 2 N–H and O–H groups in total. The SMILES string of the molecule is CCCC(Oc1c(Br)cc(CCN)cc1Br)C(=O)OCC. The number of rotatable bonds is 8. The lowest BCUT2D eigenvalue weighted by Gasteiger charge is -2.19. The van der Waals surface area contributed by atoms with Gasteiger partial charge in [0, 0.05) is 0 Å². The number of carbonyl (C=O) groups excluding carboxylic acids is 1. The summed E-state index contributed by atoms with van der Waals surface area (Å²) in [5, 5.41) is 0. The summed E-state index contributed by atoms with van der Waals surface area (Å²) in [7, 11) is 0. The molecule has 1 rings (SSSR count). The van der Waals surface area contributed by atoms with Gasteiger partial charge in [-0.1, -0.05) is 13.3 Å². The zero-order valence-corrected chi connectivity index (χ0v) is 15.5. The van der Waals surface area contributed by atoms with Gasteiger partial charge in [-0.05, 0) is 75.9 Å². The molecule has 1 atom stereocenters. The quantitative estimate of drug-likeness (QED) is 0.646. The number of carbonyl (C=O) groups is 1. The van der Waals surface area contributed by atoms with Gasteiger partial charge in [0.2, 0.25) is 0 Å². The number of esters is 1. The Hall–Kier alpha value is -0.590. The monoisotopic (exact) mass is 421 g/mol. The fraction of sp³-hybridized carbons (Fsp3) is 0.533. The van der Waals surface area contributed by atoms with Gasteiger partial charge in [0.05, 0.1) is 15.6 Å². The normalized spacial score (nSPS) is 12.0. The first-order chi connectivity index (χ1) is 10.0.